The molecule has 1 radical (unpaired) electrons. The Hall–Kier alpha value is -0.633. The largest absolute Gasteiger partial charge is 0.261 e. The van der Waals surface area contributed by atoms with Gasteiger partial charge in [-0.25, -0.2) is 0 Å². The zero-order valence-electron chi connectivity index (χ0n) is 5.59. The molecule has 1 aromatic heterocycles. The second kappa shape index (κ2) is 2.78. The maximum Gasteiger partial charge on any atom is 0.0397 e. The zero-order valence-corrected chi connectivity index (χ0v) is 7.01. The van der Waals surface area contributed by atoms with Gasteiger partial charge in [-0.3, -0.25) is 4.98 Å². The Morgan fingerprint density at radius 1 is 1.67 bits per heavy atom. The molecule has 0 aliphatic carbocycles. The maximum atomic E-state index is 4.20. The molecule has 0 saturated carbocycles. The first-order valence-electron chi connectivity index (χ1n) is 3.04. The maximum absolute atomic E-state index is 4.20. The fraction of sp³-hybridized carbons (Fsp3) is 0.286. The van der Waals surface area contributed by atoms with Crippen molar-refractivity contribution >= 4 is 10.2 Å². The van der Waals surface area contributed by atoms with Gasteiger partial charge in [0, 0.05) is 22.1 Å². The molecule has 2 heteroatoms. The lowest BCUT2D eigenvalue weighted by Gasteiger charge is -1.97. The van der Waals surface area contributed by atoms with Crippen LogP contribution in [0.1, 0.15) is 11.3 Å². The van der Waals surface area contributed by atoms with Crippen LogP contribution < -0.4 is 0 Å². The molecule has 0 unspecified atom stereocenters. The SMILES string of the molecule is Cc1cccnc1C[SiH2]. The van der Waals surface area contributed by atoms with E-state index in [1.807, 2.05) is 22.5 Å². The van der Waals surface area contributed by atoms with Crippen molar-refractivity contribution in [2.24, 2.45) is 0 Å². The highest BCUT2D eigenvalue weighted by Crippen LogP contribution is 2.00. The molecular weight excluding hydrogens is 126 g/mol. The van der Waals surface area contributed by atoms with Gasteiger partial charge in [0.05, 0.1) is 0 Å². The molecule has 9 heavy (non-hydrogen) atoms. The van der Waals surface area contributed by atoms with Crippen molar-refractivity contribution in [2.45, 2.75) is 13.0 Å². The molecule has 1 heterocycles. The number of hydrogen-bond donors (Lipinski definition) is 0. The van der Waals surface area contributed by atoms with Gasteiger partial charge in [-0.05, 0) is 24.6 Å². The lowest BCUT2D eigenvalue weighted by molar-refractivity contribution is 1.12. The Balaban J connectivity index is 3.01. The van der Waals surface area contributed by atoms with Crippen molar-refractivity contribution < 1.29 is 0 Å². The number of rotatable bonds is 1. The minimum Gasteiger partial charge on any atom is -0.261 e. The minimum atomic E-state index is 1.06. The first-order chi connectivity index (χ1) is 4.34. The van der Waals surface area contributed by atoms with Gasteiger partial charge < -0.3 is 0 Å². The van der Waals surface area contributed by atoms with Crippen LogP contribution in [0, 0.1) is 6.92 Å². The van der Waals surface area contributed by atoms with E-state index in [1.54, 1.807) is 0 Å². The van der Waals surface area contributed by atoms with Crippen molar-refractivity contribution in [3.05, 3.63) is 29.6 Å². The third-order valence-corrected chi connectivity index (χ3v) is 1.83. The highest BCUT2D eigenvalue weighted by atomic mass is 28.1. The fourth-order valence-corrected chi connectivity index (χ4v) is 1.30. The number of aromatic nitrogens is 1. The quantitative estimate of drug-likeness (QED) is 0.513. The van der Waals surface area contributed by atoms with Gasteiger partial charge in [0.15, 0.2) is 0 Å². The smallest absolute Gasteiger partial charge is 0.0397 e. The molecule has 0 fully saturated rings. The molecule has 0 aromatic carbocycles. The van der Waals surface area contributed by atoms with Crippen LogP contribution in [0.3, 0.4) is 0 Å². The van der Waals surface area contributed by atoms with E-state index in [0.29, 0.717) is 0 Å². The van der Waals surface area contributed by atoms with E-state index in [1.165, 1.54) is 11.3 Å². The molecule has 0 atom stereocenters. The van der Waals surface area contributed by atoms with Crippen molar-refractivity contribution in [1.29, 1.82) is 0 Å². The Morgan fingerprint density at radius 3 is 2.89 bits per heavy atom. The second-order valence-corrected chi connectivity index (χ2v) is 2.52. The standard InChI is InChI=1S/C7H10NSi/c1-6-3-2-4-8-7(6)5-9/h2-4H,5,9H2,1H3. The van der Waals surface area contributed by atoms with Crippen LogP contribution in [0.4, 0.5) is 0 Å². The molecule has 1 nitrogen and oxygen atoms in total. The second-order valence-electron chi connectivity index (χ2n) is 2.02. The highest BCUT2D eigenvalue weighted by molar-refractivity contribution is 6.08. The molecule has 0 bridgehead atoms. The lowest BCUT2D eigenvalue weighted by Crippen LogP contribution is -1.91. The molecular formula is C7H10NSi. The van der Waals surface area contributed by atoms with Gasteiger partial charge >= 0.3 is 0 Å². The normalized spacial score (nSPS) is 9.56. The minimum absolute atomic E-state index is 1.06. The molecule has 0 N–H and O–H groups in total. The summed E-state index contributed by atoms with van der Waals surface area (Å²) in [4.78, 5) is 4.20. The summed E-state index contributed by atoms with van der Waals surface area (Å²) in [5.74, 6) is 0. The van der Waals surface area contributed by atoms with E-state index in [9.17, 15) is 0 Å². The van der Waals surface area contributed by atoms with Gasteiger partial charge in [-0.2, -0.15) is 0 Å². The molecule has 0 amide bonds. The Kier molecular flexibility index (Phi) is 2.00. The summed E-state index contributed by atoms with van der Waals surface area (Å²) in [5.41, 5.74) is 2.52. The van der Waals surface area contributed by atoms with Crippen LogP contribution in [-0.2, 0) is 6.04 Å². The monoisotopic (exact) mass is 136 g/mol. The Labute approximate surface area is 58.6 Å². The molecule has 0 aliphatic heterocycles. The molecule has 47 valence electrons. The number of hydrogen-bond acceptors (Lipinski definition) is 1. The van der Waals surface area contributed by atoms with Crippen molar-refractivity contribution in [3.8, 4) is 0 Å². The molecule has 0 aliphatic rings. The van der Waals surface area contributed by atoms with Crippen LogP contribution in [-0.4, -0.2) is 15.2 Å². The average Bonchev–Trinajstić information content (AvgIpc) is 1.89. The summed E-state index contributed by atoms with van der Waals surface area (Å²) in [6.07, 6.45) is 1.84. The van der Waals surface area contributed by atoms with Gasteiger partial charge in [0.2, 0.25) is 0 Å². The summed E-state index contributed by atoms with van der Waals surface area (Å²) in [7, 11) is 1.94. The van der Waals surface area contributed by atoms with E-state index >= 15 is 0 Å². The fourth-order valence-electron chi connectivity index (χ4n) is 0.780. The number of nitrogens with zero attached hydrogens (tertiary/aromatic N) is 1. The summed E-state index contributed by atoms with van der Waals surface area (Å²) in [6, 6.07) is 5.13. The molecule has 0 saturated heterocycles. The summed E-state index contributed by atoms with van der Waals surface area (Å²) in [5, 5.41) is 0. The van der Waals surface area contributed by atoms with Crippen LogP contribution in [0.15, 0.2) is 18.3 Å². The van der Waals surface area contributed by atoms with Gasteiger partial charge in [-0.15, -0.1) is 0 Å². The third-order valence-electron chi connectivity index (χ3n) is 1.35. The predicted molar refractivity (Wildman–Crippen MR) is 41.2 cm³/mol. The third kappa shape index (κ3) is 1.39. The van der Waals surface area contributed by atoms with Crippen LogP contribution in [0.2, 0.25) is 0 Å². The van der Waals surface area contributed by atoms with Crippen LogP contribution in [0.5, 0.6) is 0 Å². The average molecular weight is 136 g/mol. The van der Waals surface area contributed by atoms with Gasteiger partial charge in [0.25, 0.3) is 0 Å². The van der Waals surface area contributed by atoms with E-state index in [4.69, 9.17) is 0 Å². The molecule has 1 rings (SSSR count). The number of pyridine rings is 1. The van der Waals surface area contributed by atoms with E-state index in [-0.39, 0.29) is 0 Å². The van der Waals surface area contributed by atoms with Gasteiger partial charge in [0.1, 0.15) is 0 Å². The van der Waals surface area contributed by atoms with Crippen molar-refractivity contribution in [3.63, 3.8) is 0 Å². The van der Waals surface area contributed by atoms with Crippen LogP contribution in [0.25, 0.3) is 0 Å². The first-order valence-corrected chi connectivity index (χ1v) is 4.04. The summed E-state index contributed by atoms with van der Waals surface area (Å²) >= 11 is 0. The summed E-state index contributed by atoms with van der Waals surface area (Å²) in [6.45, 7) is 2.09. The lowest BCUT2D eigenvalue weighted by atomic mass is 10.2. The van der Waals surface area contributed by atoms with Crippen molar-refractivity contribution in [2.75, 3.05) is 0 Å². The summed E-state index contributed by atoms with van der Waals surface area (Å²) < 4.78 is 0. The van der Waals surface area contributed by atoms with E-state index in [2.05, 4.69) is 18.0 Å². The van der Waals surface area contributed by atoms with Gasteiger partial charge in [-0.1, -0.05) is 6.07 Å². The van der Waals surface area contributed by atoms with E-state index < -0.39 is 0 Å². The Morgan fingerprint density at radius 2 is 2.44 bits per heavy atom. The van der Waals surface area contributed by atoms with Crippen LogP contribution >= 0.6 is 0 Å². The first kappa shape index (κ1) is 6.49. The predicted octanol–water partition coefficient (Wildman–Crippen LogP) is 0.523. The zero-order chi connectivity index (χ0) is 6.69. The number of aryl methyl sites for hydroxylation is 1. The Bertz CT molecular complexity index is 198. The van der Waals surface area contributed by atoms with Crippen molar-refractivity contribution in [1.82, 2.24) is 4.98 Å². The van der Waals surface area contributed by atoms with E-state index in [0.717, 1.165) is 6.04 Å². The molecule has 1 aromatic rings. The molecule has 0 spiro atoms. The topological polar surface area (TPSA) is 12.9 Å². The highest BCUT2D eigenvalue weighted by Gasteiger charge is 1.91.